The second-order valence-corrected chi connectivity index (χ2v) is 6.65. The summed E-state index contributed by atoms with van der Waals surface area (Å²) in [6.07, 6.45) is 0. The monoisotopic (exact) mass is 378 g/mol. The van der Waals surface area contributed by atoms with Gasteiger partial charge in [0, 0.05) is 21.3 Å². The smallest absolute Gasteiger partial charge is 0.266 e. The SMILES string of the molecule is Cc1ccc(-c2cc(-c3ccc(Br)cc3)c(C#N)c(=O)[nH]2)c(C)c1. The number of halogens is 1. The van der Waals surface area contributed by atoms with Gasteiger partial charge in [0.1, 0.15) is 11.6 Å². The lowest BCUT2D eigenvalue weighted by Crippen LogP contribution is -2.13. The molecule has 0 amide bonds. The molecule has 0 atom stereocenters. The van der Waals surface area contributed by atoms with Crippen LogP contribution < -0.4 is 5.56 Å². The number of aromatic amines is 1. The van der Waals surface area contributed by atoms with E-state index in [0.717, 1.165) is 26.9 Å². The fraction of sp³-hybridized carbons (Fsp3) is 0.100. The molecule has 118 valence electrons. The first-order chi connectivity index (χ1) is 11.5. The van der Waals surface area contributed by atoms with Gasteiger partial charge in [-0.05, 0) is 43.2 Å². The number of aromatic nitrogens is 1. The maximum atomic E-state index is 12.4. The number of aryl methyl sites for hydroxylation is 2. The van der Waals surface area contributed by atoms with Crippen LogP contribution in [0.3, 0.4) is 0 Å². The van der Waals surface area contributed by atoms with Crippen LogP contribution in [0.25, 0.3) is 22.4 Å². The normalized spacial score (nSPS) is 10.4. The van der Waals surface area contributed by atoms with E-state index in [9.17, 15) is 10.1 Å². The van der Waals surface area contributed by atoms with Crippen molar-refractivity contribution in [3.05, 3.63) is 80.0 Å². The molecule has 0 saturated heterocycles. The molecule has 0 fully saturated rings. The molecule has 3 rings (SSSR count). The Labute approximate surface area is 148 Å². The summed E-state index contributed by atoms with van der Waals surface area (Å²) < 4.78 is 0.948. The number of hydrogen-bond acceptors (Lipinski definition) is 2. The summed E-state index contributed by atoms with van der Waals surface area (Å²) in [5.41, 5.74) is 5.17. The topological polar surface area (TPSA) is 56.6 Å². The molecule has 2 aromatic carbocycles. The number of nitrogens with zero attached hydrogens (tertiary/aromatic N) is 1. The van der Waals surface area contributed by atoms with Gasteiger partial charge in [-0.2, -0.15) is 5.26 Å². The summed E-state index contributed by atoms with van der Waals surface area (Å²) in [7, 11) is 0. The zero-order valence-electron chi connectivity index (χ0n) is 13.4. The third-order valence-corrected chi connectivity index (χ3v) is 4.50. The van der Waals surface area contributed by atoms with Gasteiger partial charge in [-0.3, -0.25) is 4.79 Å². The summed E-state index contributed by atoms with van der Waals surface area (Å²) in [5.74, 6) is 0. The molecule has 0 spiro atoms. The maximum absolute atomic E-state index is 12.4. The van der Waals surface area contributed by atoms with Gasteiger partial charge in [-0.1, -0.05) is 51.8 Å². The van der Waals surface area contributed by atoms with Crippen LogP contribution in [0.4, 0.5) is 0 Å². The molecule has 1 aromatic heterocycles. The molecule has 0 radical (unpaired) electrons. The molecule has 3 nitrogen and oxygen atoms in total. The van der Waals surface area contributed by atoms with Crippen molar-refractivity contribution in [1.29, 1.82) is 5.26 Å². The van der Waals surface area contributed by atoms with Gasteiger partial charge in [-0.15, -0.1) is 0 Å². The number of nitrogens with one attached hydrogen (secondary N) is 1. The van der Waals surface area contributed by atoms with Crippen LogP contribution in [0.5, 0.6) is 0 Å². The van der Waals surface area contributed by atoms with E-state index in [-0.39, 0.29) is 11.1 Å². The molecule has 0 aliphatic carbocycles. The average molecular weight is 379 g/mol. The van der Waals surface area contributed by atoms with Crippen LogP contribution in [-0.4, -0.2) is 4.98 Å². The number of H-pyrrole nitrogens is 1. The van der Waals surface area contributed by atoms with Crippen molar-refractivity contribution in [3.63, 3.8) is 0 Å². The van der Waals surface area contributed by atoms with E-state index in [0.29, 0.717) is 5.56 Å². The highest BCUT2D eigenvalue weighted by molar-refractivity contribution is 9.10. The maximum Gasteiger partial charge on any atom is 0.266 e. The third kappa shape index (κ3) is 3.04. The number of rotatable bonds is 2. The van der Waals surface area contributed by atoms with Crippen molar-refractivity contribution in [2.75, 3.05) is 0 Å². The lowest BCUT2D eigenvalue weighted by atomic mass is 9.97. The molecule has 0 saturated carbocycles. The summed E-state index contributed by atoms with van der Waals surface area (Å²) >= 11 is 3.40. The summed E-state index contributed by atoms with van der Waals surface area (Å²) in [4.78, 5) is 15.2. The van der Waals surface area contributed by atoms with Crippen molar-refractivity contribution in [2.24, 2.45) is 0 Å². The van der Waals surface area contributed by atoms with E-state index in [1.807, 2.05) is 62.4 Å². The highest BCUT2D eigenvalue weighted by atomic mass is 79.9. The number of benzene rings is 2. The van der Waals surface area contributed by atoms with Gasteiger partial charge in [0.15, 0.2) is 0 Å². The Balaban J connectivity index is 2.26. The predicted molar refractivity (Wildman–Crippen MR) is 99.8 cm³/mol. The van der Waals surface area contributed by atoms with E-state index >= 15 is 0 Å². The molecule has 3 aromatic rings. The number of pyridine rings is 1. The lowest BCUT2D eigenvalue weighted by Gasteiger charge is -2.11. The van der Waals surface area contributed by atoms with E-state index in [4.69, 9.17) is 0 Å². The molecule has 0 bridgehead atoms. The molecular weight excluding hydrogens is 364 g/mol. The number of nitriles is 1. The second-order valence-electron chi connectivity index (χ2n) is 5.74. The van der Waals surface area contributed by atoms with Crippen molar-refractivity contribution in [2.45, 2.75) is 13.8 Å². The Morgan fingerprint density at radius 3 is 2.33 bits per heavy atom. The molecule has 1 N–H and O–H groups in total. The first-order valence-corrected chi connectivity index (χ1v) is 8.30. The largest absolute Gasteiger partial charge is 0.321 e. The highest BCUT2D eigenvalue weighted by Gasteiger charge is 2.13. The van der Waals surface area contributed by atoms with Gasteiger partial charge in [0.05, 0.1) is 0 Å². The van der Waals surface area contributed by atoms with Crippen molar-refractivity contribution < 1.29 is 0 Å². The van der Waals surface area contributed by atoms with Gasteiger partial charge in [0.2, 0.25) is 0 Å². The zero-order chi connectivity index (χ0) is 17.3. The van der Waals surface area contributed by atoms with Crippen molar-refractivity contribution in [3.8, 4) is 28.5 Å². The summed E-state index contributed by atoms with van der Waals surface area (Å²) in [6, 6.07) is 17.6. The average Bonchev–Trinajstić information content (AvgIpc) is 2.55. The van der Waals surface area contributed by atoms with Crippen LogP contribution in [0.1, 0.15) is 16.7 Å². The minimum absolute atomic E-state index is 0.130. The molecule has 4 heteroatoms. The predicted octanol–water partition coefficient (Wildman–Crippen LogP) is 4.96. The van der Waals surface area contributed by atoms with Crippen LogP contribution >= 0.6 is 15.9 Å². The minimum Gasteiger partial charge on any atom is -0.321 e. The standard InChI is InChI=1S/C20H15BrN2O/c1-12-3-8-16(13(2)9-12)19-10-17(18(11-22)20(24)23-19)14-4-6-15(21)7-5-14/h3-10H,1-2H3,(H,23,24). The molecule has 0 unspecified atom stereocenters. The van der Waals surface area contributed by atoms with E-state index in [2.05, 4.69) is 27.0 Å². The van der Waals surface area contributed by atoms with Gasteiger partial charge in [0.25, 0.3) is 5.56 Å². The highest BCUT2D eigenvalue weighted by Crippen LogP contribution is 2.28. The van der Waals surface area contributed by atoms with Gasteiger partial charge in [-0.25, -0.2) is 0 Å². The molecule has 0 aliphatic heterocycles. The Morgan fingerprint density at radius 1 is 1.00 bits per heavy atom. The molecule has 1 heterocycles. The Hall–Kier alpha value is -2.64. The van der Waals surface area contributed by atoms with Gasteiger partial charge >= 0.3 is 0 Å². The van der Waals surface area contributed by atoms with E-state index < -0.39 is 0 Å². The van der Waals surface area contributed by atoms with Gasteiger partial charge < -0.3 is 4.98 Å². The van der Waals surface area contributed by atoms with Crippen molar-refractivity contribution >= 4 is 15.9 Å². The molecule has 0 aliphatic rings. The first kappa shape index (κ1) is 16.2. The summed E-state index contributed by atoms with van der Waals surface area (Å²) in [6.45, 7) is 4.05. The quantitative estimate of drug-likeness (QED) is 0.684. The zero-order valence-corrected chi connectivity index (χ0v) is 14.9. The fourth-order valence-electron chi connectivity index (χ4n) is 2.79. The Morgan fingerprint density at radius 2 is 1.71 bits per heavy atom. The molecule has 24 heavy (non-hydrogen) atoms. The van der Waals surface area contributed by atoms with Crippen LogP contribution in [0.2, 0.25) is 0 Å². The number of hydrogen-bond donors (Lipinski definition) is 1. The second kappa shape index (κ2) is 6.46. The Kier molecular flexibility index (Phi) is 4.37. The fourth-order valence-corrected chi connectivity index (χ4v) is 3.05. The molecular formula is C20H15BrN2O. The van der Waals surface area contributed by atoms with Crippen LogP contribution in [0.15, 0.2) is 57.8 Å². The summed E-state index contributed by atoms with van der Waals surface area (Å²) in [5, 5.41) is 9.39. The third-order valence-electron chi connectivity index (χ3n) is 3.97. The van der Waals surface area contributed by atoms with E-state index in [1.165, 1.54) is 5.56 Å². The van der Waals surface area contributed by atoms with Crippen molar-refractivity contribution in [1.82, 2.24) is 4.98 Å². The first-order valence-electron chi connectivity index (χ1n) is 7.50. The minimum atomic E-state index is -0.368. The van der Waals surface area contributed by atoms with E-state index in [1.54, 1.807) is 0 Å². The van der Waals surface area contributed by atoms with Crippen LogP contribution in [0, 0.1) is 25.2 Å². The van der Waals surface area contributed by atoms with Crippen LogP contribution in [-0.2, 0) is 0 Å². The Bertz CT molecular complexity index is 1010. The lowest BCUT2D eigenvalue weighted by molar-refractivity contribution is 1.21.